The van der Waals surface area contributed by atoms with Crippen molar-refractivity contribution in [2.45, 2.75) is 29.3 Å². The van der Waals surface area contributed by atoms with Crippen molar-refractivity contribution < 1.29 is 35.5 Å². The molecule has 0 atom stereocenters. The van der Waals surface area contributed by atoms with E-state index in [2.05, 4.69) is 10.1 Å². The van der Waals surface area contributed by atoms with Gasteiger partial charge in [0.1, 0.15) is 10.7 Å². The number of carbonyl (C=O) groups is 1. The van der Waals surface area contributed by atoms with E-state index in [9.17, 15) is 30.8 Å². The SMILES string of the molecule is COC(=O)N1CCC(Nc2ccc(F)cc2S(=O)(=O)C(F)(F)F)CC1. The lowest BCUT2D eigenvalue weighted by Crippen LogP contribution is -2.42. The molecule has 1 saturated heterocycles. The standard InChI is InChI=1S/C14H16F4N2O4S/c1-24-13(21)20-6-4-10(5-7-20)19-11-3-2-9(15)8-12(11)25(22,23)14(16,17)18/h2-3,8,10,19H,4-7H2,1H3. The first-order chi connectivity index (χ1) is 11.6. The first-order valence-electron chi connectivity index (χ1n) is 7.26. The number of nitrogens with one attached hydrogen (secondary N) is 1. The van der Waals surface area contributed by atoms with Gasteiger partial charge in [0.25, 0.3) is 9.84 Å². The largest absolute Gasteiger partial charge is 0.501 e. The van der Waals surface area contributed by atoms with Gasteiger partial charge in [0.15, 0.2) is 0 Å². The number of carbonyl (C=O) groups excluding carboxylic acids is 1. The molecule has 25 heavy (non-hydrogen) atoms. The van der Waals surface area contributed by atoms with Crippen LogP contribution in [0, 0.1) is 5.82 Å². The van der Waals surface area contributed by atoms with Gasteiger partial charge in [0, 0.05) is 19.1 Å². The number of benzene rings is 1. The van der Waals surface area contributed by atoms with Crippen LogP contribution >= 0.6 is 0 Å². The number of alkyl halides is 3. The summed E-state index contributed by atoms with van der Waals surface area (Å²) in [4.78, 5) is 11.7. The van der Waals surface area contributed by atoms with E-state index in [-0.39, 0.29) is 11.7 Å². The summed E-state index contributed by atoms with van der Waals surface area (Å²) in [6.07, 6.45) is 0.233. The minimum atomic E-state index is -5.70. The lowest BCUT2D eigenvalue weighted by Gasteiger charge is -2.32. The summed E-state index contributed by atoms with van der Waals surface area (Å²) in [6, 6.07) is 1.81. The molecule has 2 rings (SSSR count). The molecule has 0 bridgehead atoms. The molecule has 1 aliphatic rings. The second-order valence-corrected chi connectivity index (χ2v) is 7.37. The zero-order chi connectivity index (χ0) is 18.8. The Morgan fingerprint density at radius 1 is 1.28 bits per heavy atom. The minimum Gasteiger partial charge on any atom is -0.453 e. The fourth-order valence-corrected chi connectivity index (χ4v) is 3.45. The highest BCUT2D eigenvalue weighted by molar-refractivity contribution is 7.92. The maximum atomic E-state index is 13.3. The number of piperidine rings is 1. The molecule has 0 aliphatic carbocycles. The summed E-state index contributed by atoms with van der Waals surface area (Å²) < 4.78 is 79.6. The van der Waals surface area contributed by atoms with Gasteiger partial charge in [0.05, 0.1) is 12.8 Å². The number of methoxy groups -OCH3 is 1. The zero-order valence-electron chi connectivity index (χ0n) is 13.1. The summed E-state index contributed by atoms with van der Waals surface area (Å²) in [7, 11) is -4.46. The zero-order valence-corrected chi connectivity index (χ0v) is 14.0. The van der Waals surface area contributed by atoms with Crippen LogP contribution in [-0.4, -0.2) is 51.2 Å². The maximum absolute atomic E-state index is 13.3. The van der Waals surface area contributed by atoms with E-state index in [4.69, 9.17) is 0 Å². The van der Waals surface area contributed by atoms with Crippen molar-refractivity contribution in [1.29, 1.82) is 0 Å². The molecule has 1 aromatic rings. The van der Waals surface area contributed by atoms with E-state index in [1.54, 1.807) is 0 Å². The summed E-state index contributed by atoms with van der Waals surface area (Å²) in [6.45, 7) is 0.597. The van der Waals surface area contributed by atoms with Crippen molar-refractivity contribution in [1.82, 2.24) is 4.90 Å². The lowest BCUT2D eigenvalue weighted by molar-refractivity contribution is -0.0435. The first kappa shape index (κ1) is 19.3. The number of nitrogens with zero attached hydrogens (tertiary/aromatic N) is 1. The highest BCUT2D eigenvalue weighted by Gasteiger charge is 2.48. The van der Waals surface area contributed by atoms with Crippen LogP contribution in [-0.2, 0) is 14.6 Å². The molecule has 1 aromatic carbocycles. The van der Waals surface area contributed by atoms with Crippen LogP contribution in [0.5, 0.6) is 0 Å². The molecular formula is C14H16F4N2O4S. The van der Waals surface area contributed by atoms with Crippen LogP contribution in [0.1, 0.15) is 12.8 Å². The summed E-state index contributed by atoms with van der Waals surface area (Å²) >= 11 is 0. The molecule has 0 aromatic heterocycles. The van der Waals surface area contributed by atoms with Gasteiger partial charge in [-0.15, -0.1) is 0 Å². The summed E-state index contributed by atoms with van der Waals surface area (Å²) in [5.41, 5.74) is -5.86. The first-order valence-corrected chi connectivity index (χ1v) is 8.75. The molecule has 0 unspecified atom stereocenters. The second-order valence-electron chi connectivity index (χ2n) is 5.47. The van der Waals surface area contributed by atoms with E-state index in [1.807, 2.05) is 0 Å². The molecule has 0 radical (unpaired) electrons. The Hall–Kier alpha value is -2.04. The fourth-order valence-electron chi connectivity index (χ4n) is 2.52. The molecule has 1 N–H and O–H groups in total. The number of sulfone groups is 1. The van der Waals surface area contributed by atoms with Crippen LogP contribution < -0.4 is 5.32 Å². The van der Waals surface area contributed by atoms with E-state index < -0.39 is 32.2 Å². The average Bonchev–Trinajstić information content (AvgIpc) is 2.55. The van der Waals surface area contributed by atoms with Crippen molar-refractivity contribution in [2.75, 3.05) is 25.5 Å². The molecule has 140 valence electrons. The van der Waals surface area contributed by atoms with Crippen molar-refractivity contribution in [2.24, 2.45) is 0 Å². The van der Waals surface area contributed by atoms with Crippen LogP contribution in [0.25, 0.3) is 0 Å². The Bertz CT molecular complexity index is 744. The number of anilines is 1. The molecule has 1 aliphatic heterocycles. The lowest BCUT2D eigenvalue weighted by atomic mass is 10.1. The number of amides is 1. The smallest absolute Gasteiger partial charge is 0.453 e. The Morgan fingerprint density at radius 2 is 1.88 bits per heavy atom. The third-order valence-corrected chi connectivity index (χ3v) is 5.35. The Balaban J connectivity index is 2.21. The Morgan fingerprint density at radius 3 is 2.40 bits per heavy atom. The molecule has 0 spiro atoms. The van der Waals surface area contributed by atoms with Gasteiger partial charge in [-0.3, -0.25) is 0 Å². The number of hydrogen-bond donors (Lipinski definition) is 1. The summed E-state index contributed by atoms with van der Waals surface area (Å²) in [5.74, 6) is -1.09. The van der Waals surface area contributed by atoms with E-state index >= 15 is 0 Å². The predicted molar refractivity (Wildman–Crippen MR) is 80.3 cm³/mol. The van der Waals surface area contributed by atoms with Gasteiger partial charge in [-0.2, -0.15) is 13.2 Å². The fraction of sp³-hybridized carbons (Fsp3) is 0.500. The second kappa shape index (κ2) is 7.06. The third kappa shape index (κ3) is 4.14. The van der Waals surface area contributed by atoms with E-state index in [0.717, 1.165) is 12.1 Å². The van der Waals surface area contributed by atoms with Crippen LogP contribution in [0.15, 0.2) is 23.1 Å². The highest BCUT2D eigenvalue weighted by Crippen LogP contribution is 2.35. The van der Waals surface area contributed by atoms with Gasteiger partial charge in [-0.25, -0.2) is 17.6 Å². The van der Waals surface area contributed by atoms with Crippen molar-refractivity contribution in [3.8, 4) is 0 Å². The number of rotatable bonds is 3. The van der Waals surface area contributed by atoms with Crippen LogP contribution in [0.2, 0.25) is 0 Å². The van der Waals surface area contributed by atoms with Gasteiger partial charge >= 0.3 is 11.6 Å². The minimum absolute atomic E-state index is 0.299. The average molecular weight is 384 g/mol. The van der Waals surface area contributed by atoms with Gasteiger partial charge in [-0.1, -0.05) is 0 Å². The molecule has 1 amide bonds. The Kier molecular flexibility index (Phi) is 5.45. The highest BCUT2D eigenvalue weighted by atomic mass is 32.2. The van der Waals surface area contributed by atoms with Crippen LogP contribution in [0.3, 0.4) is 0 Å². The predicted octanol–water partition coefficient (Wildman–Crippen LogP) is 2.76. The molecular weight excluding hydrogens is 368 g/mol. The third-order valence-electron chi connectivity index (χ3n) is 3.83. The molecule has 6 nitrogen and oxygen atoms in total. The molecule has 11 heteroatoms. The molecule has 1 heterocycles. The normalized spacial score (nSPS) is 16.6. The topological polar surface area (TPSA) is 75.7 Å². The Labute approximate surface area is 141 Å². The number of likely N-dealkylation sites (tertiary alicyclic amines) is 1. The number of halogens is 4. The van der Waals surface area contributed by atoms with Gasteiger partial charge in [-0.05, 0) is 31.0 Å². The van der Waals surface area contributed by atoms with Crippen molar-refractivity contribution in [3.63, 3.8) is 0 Å². The van der Waals surface area contributed by atoms with Crippen molar-refractivity contribution >= 4 is 21.6 Å². The number of hydrogen-bond acceptors (Lipinski definition) is 5. The molecule has 1 fully saturated rings. The van der Waals surface area contributed by atoms with E-state index in [1.165, 1.54) is 12.0 Å². The van der Waals surface area contributed by atoms with Crippen LogP contribution in [0.4, 0.5) is 28.0 Å². The number of ether oxygens (including phenoxy) is 1. The quantitative estimate of drug-likeness (QED) is 0.811. The maximum Gasteiger partial charge on any atom is 0.501 e. The van der Waals surface area contributed by atoms with Crippen molar-refractivity contribution in [3.05, 3.63) is 24.0 Å². The van der Waals surface area contributed by atoms with Gasteiger partial charge < -0.3 is 15.0 Å². The van der Waals surface area contributed by atoms with Gasteiger partial charge in [0.2, 0.25) is 0 Å². The molecule has 0 saturated carbocycles. The summed E-state index contributed by atoms with van der Waals surface area (Å²) in [5, 5.41) is 2.71. The monoisotopic (exact) mass is 384 g/mol. The van der Waals surface area contributed by atoms with E-state index in [0.29, 0.717) is 32.0 Å².